The summed E-state index contributed by atoms with van der Waals surface area (Å²) in [4.78, 5) is 16.7. The van der Waals surface area contributed by atoms with Crippen LogP contribution in [0.1, 0.15) is 11.1 Å². The maximum atomic E-state index is 11.9. The third-order valence-electron chi connectivity index (χ3n) is 3.46. The number of carbonyl (C=O) groups excluding carboxylic acids is 1. The highest BCUT2D eigenvalue weighted by molar-refractivity contribution is 5.90. The van der Waals surface area contributed by atoms with E-state index in [-0.39, 0.29) is 6.03 Å². The molecule has 0 aliphatic heterocycles. The van der Waals surface area contributed by atoms with E-state index in [0.29, 0.717) is 18.0 Å². The monoisotopic (exact) mass is 314 g/mol. The zero-order valence-electron chi connectivity index (χ0n) is 13.7. The largest absolute Gasteiger partial charge is 0.491 e. The fourth-order valence-electron chi connectivity index (χ4n) is 2.01. The first-order chi connectivity index (χ1) is 11.1. The number of anilines is 1. The summed E-state index contributed by atoms with van der Waals surface area (Å²) < 4.78 is 5.81. The van der Waals surface area contributed by atoms with Crippen LogP contribution in [0, 0.1) is 6.92 Å². The van der Waals surface area contributed by atoms with Crippen molar-refractivity contribution in [2.45, 2.75) is 13.3 Å². The highest BCUT2D eigenvalue weighted by Gasteiger charge is 2.11. The fourth-order valence-corrected chi connectivity index (χ4v) is 2.01. The van der Waals surface area contributed by atoms with Crippen LogP contribution in [0.4, 0.5) is 10.5 Å². The molecule has 5 nitrogen and oxygen atoms in total. The van der Waals surface area contributed by atoms with Crippen molar-refractivity contribution >= 4 is 11.7 Å². The molecule has 2 rings (SSSR count). The first-order valence-corrected chi connectivity index (χ1v) is 7.46. The van der Waals surface area contributed by atoms with Crippen LogP contribution in [0.15, 0.2) is 48.5 Å². The molecule has 0 unspecified atom stereocenters. The predicted molar refractivity (Wildman–Crippen MR) is 90.6 cm³/mol. The van der Waals surface area contributed by atoms with E-state index in [4.69, 9.17) is 9.57 Å². The second-order valence-corrected chi connectivity index (χ2v) is 5.19. The molecule has 122 valence electrons. The molecule has 5 heteroatoms. The van der Waals surface area contributed by atoms with Gasteiger partial charge < -0.3 is 10.1 Å². The normalized spacial score (nSPS) is 10.2. The van der Waals surface area contributed by atoms with Gasteiger partial charge in [-0.25, -0.2) is 9.86 Å². The van der Waals surface area contributed by atoms with Gasteiger partial charge in [-0.05, 0) is 24.6 Å². The molecule has 0 aliphatic rings. The third-order valence-corrected chi connectivity index (χ3v) is 3.46. The van der Waals surface area contributed by atoms with E-state index in [1.165, 1.54) is 25.3 Å². The number of amides is 2. The van der Waals surface area contributed by atoms with Crippen LogP contribution in [0.5, 0.6) is 5.75 Å². The van der Waals surface area contributed by atoms with Crippen LogP contribution in [-0.2, 0) is 11.3 Å². The van der Waals surface area contributed by atoms with Crippen molar-refractivity contribution in [3.05, 3.63) is 59.7 Å². The summed E-state index contributed by atoms with van der Waals surface area (Å²) >= 11 is 0. The van der Waals surface area contributed by atoms with Gasteiger partial charge in [0, 0.05) is 13.5 Å². The first kappa shape index (κ1) is 16.8. The molecule has 0 bridgehead atoms. The Hall–Kier alpha value is -2.53. The average molecular weight is 314 g/mol. The third kappa shape index (κ3) is 5.00. The lowest BCUT2D eigenvalue weighted by Crippen LogP contribution is -2.30. The fraction of sp³-hybridized carbons (Fsp3) is 0.278. The number of hydrogen-bond donors (Lipinski definition) is 1. The van der Waals surface area contributed by atoms with Crippen LogP contribution in [0.2, 0.25) is 0 Å². The molecule has 0 heterocycles. The molecule has 0 saturated carbocycles. The number of hydrogen-bond acceptors (Lipinski definition) is 3. The Kier molecular flexibility index (Phi) is 6.00. The first-order valence-electron chi connectivity index (χ1n) is 7.46. The lowest BCUT2D eigenvalue weighted by molar-refractivity contribution is -0.0598. The summed E-state index contributed by atoms with van der Waals surface area (Å²) in [6.45, 7) is 2.60. The maximum Gasteiger partial charge on any atom is 0.345 e. The highest BCUT2D eigenvalue weighted by Crippen LogP contribution is 2.24. The minimum absolute atomic E-state index is 0.359. The van der Waals surface area contributed by atoms with Crippen molar-refractivity contribution in [1.82, 2.24) is 5.06 Å². The molecule has 23 heavy (non-hydrogen) atoms. The summed E-state index contributed by atoms with van der Waals surface area (Å²) in [5, 5.41) is 3.87. The van der Waals surface area contributed by atoms with E-state index >= 15 is 0 Å². The molecular weight excluding hydrogens is 292 g/mol. The lowest BCUT2D eigenvalue weighted by atomic mass is 10.1. The Morgan fingerprint density at radius 2 is 1.83 bits per heavy atom. The van der Waals surface area contributed by atoms with Crippen LogP contribution in [-0.4, -0.2) is 31.9 Å². The average Bonchev–Trinajstić information content (AvgIpc) is 2.57. The van der Waals surface area contributed by atoms with Gasteiger partial charge in [-0.3, -0.25) is 4.84 Å². The van der Waals surface area contributed by atoms with Crippen molar-refractivity contribution in [3.63, 3.8) is 0 Å². The molecule has 0 fully saturated rings. The Labute approximate surface area is 136 Å². The number of rotatable bonds is 6. The van der Waals surface area contributed by atoms with Gasteiger partial charge in [0.2, 0.25) is 0 Å². The number of para-hydroxylation sites is 2. The number of urea groups is 1. The molecule has 0 aliphatic carbocycles. The van der Waals surface area contributed by atoms with Gasteiger partial charge in [-0.1, -0.05) is 42.0 Å². The molecule has 0 saturated heterocycles. The molecule has 1 N–H and O–H groups in total. The second kappa shape index (κ2) is 8.19. The van der Waals surface area contributed by atoms with E-state index in [1.807, 2.05) is 18.2 Å². The molecule has 2 aromatic carbocycles. The van der Waals surface area contributed by atoms with Gasteiger partial charge in [0.15, 0.2) is 0 Å². The minimum Gasteiger partial charge on any atom is -0.491 e. The zero-order chi connectivity index (χ0) is 16.7. The standard InChI is InChI=1S/C18H22N2O3/c1-14-8-10-15(11-9-14)12-13-23-17-7-5-4-6-16(17)19-18(21)20(2)22-3/h4-11H,12-13H2,1-3H3,(H,19,21). The van der Waals surface area contributed by atoms with Gasteiger partial charge >= 0.3 is 6.03 Å². The summed E-state index contributed by atoms with van der Waals surface area (Å²) in [5.74, 6) is 0.637. The lowest BCUT2D eigenvalue weighted by Gasteiger charge is -2.17. The van der Waals surface area contributed by atoms with Crippen molar-refractivity contribution in [3.8, 4) is 5.75 Å². The van der Waals surface area contributed by atoms with E-state index in [2.05, 4.69) is 36.5 Å². The van der Waals surface area contributed by atoms with Gasteiger partial charge in [-0.15, -0.1) is 0 Å². The maximum absolute atomic E-state index is 11.9. The molecule has 2 amide bonds. The van der Waals surface area contributed by atoms with E-state index in [1.54, 1.807) is 6.07 Å². The van der Waals surface area contributed by atoms with Crippen LogP contribution >= 0.6 is 0 Å². The Bertz CT molecular complexity index is 641. The van der Waals surface area contributed by atoms with E-state index < -0.39 is 0 Å². The summed E-state index contributed by atoms with van der Waals surface area (Å²) in [7, 11) is 2.97. The second-order valence-electron chi connectivity index (χ2n) is 5.19. The van der Waals surface area contributed by atoms with Crippen molar-refractivity contribution < 1.29 is 14.4 Å². The molecule has 2 aromatic rings. The van der Waals surface area contributed by atoms with Gasteiger partial charge in [0.05, 0.1) is 19.4 Å². The van der Waals surface area contributed by atoms with Crippen LogP contribution in [0.25, 0.3) is 0 Å². The van der Waals surface area contributed by atoms with E-state index in [0.717, 1.165) is 11.5 Å². The number of nitrogens with one attached hydrogen (secondary N) is 1. The Balaban J connectivity index is 1.94. The predicted octanol–water partition coefficient (Wildman–Crippen LogP) is 3.64. The SMILES string of the molecule is CON(C)C(=O)Nc1ccccc1OCCc1ccc(C)cc1. The van der Waals surface area contributed by atoms with Crippen LogP contribution in [0.3, 0.4) is 0 Å². The highest BCUT2D eigenvalue weighted by atomic mass is 16.7. The van der Waals surface area contributed by atoms with Gasteiger partial charge in [-0.2, -0.15) is 0 Å². The smallest absolute Gasteiger partial charge is 0.345 e. The molecular formula is C18H22N2O3. The quantitative estimate of drug-likeness (QED) is 0.828. The van der Waals surface area contributed by atoms with E-state index in [9.17, 15) is 4.79 Å². The Morgan fingerprint density at radius 1 is 1.13 bits per heavy atom. The number of nitrogens with zero attached hydrogens (tertiary/aromatic N) is 1. The Morgan fingerprint density at radius 3 is 2.52 bits per heavy atom. The zero-order valence-corrected chi connectivity index (χ0v) is 13.7. The number of carbonyl (C=O) groups is 1. The minimum atomic E-state index is -0.359. The summed E-state index contributed by atoms with van der Waals surface area (Å²) in [6, 6.07) is 15.3. The number of ether oxygens (including phenoxy) is 1. The molecule has 0 atom stereocenters. The topological polar surface area (TPSA) is 50.8 Å². The molecule has 0 spiro atoms. The molecule has 0 radical (unpaired) electrons. The van der Waals surface area contributed by atoms with Gasteiger partial charge in [0.1, 0.15) is 5.75 Å². The summed E-state index contributed by atoms with van der Waals surface area (Å²) in [6.07, 6.45) is 0.806. The number of hydroxylamine groups is 2. The number of benzene rings is 2. The van der Waals surface area contributed by atoms with Crippen molar-refractivity contribution in [2.75, 3.05) is 26.1 Å². The van der Waals surface area contributed by atoms with Crippen LogP contribution < -0.4 is 10.1 Å². The van der Waals surface area contributed by atoms with Crippen molar-refractivity contribution in [2.24, 2.45) is 0 Å². The van der Waals surface area contributed by atoms with Crippen molar-refractivity contribution in [1.29, 1.82) is 0 Å². The molecule has 0 aromatic heterocycles. The summed E-state index contributed by atoms with van der Waals surface area (Å²) in [5.41, 5.74) is 3.08. The van der Waals surface area contributed by atoms with Gasteiger partial charge in [0.25, 0.3) is 0 Å². The number of aryl methyl sites for hydroxylation is 1.